The molecule has 1 atom stereocenters. The topological polar surface area (TPSA) is 98.9 Å². The Morgan fingerprint density at radius 3 is 2.47 bits per heavy atom. The monoisotopic (exact) mass is 433 g/mol. The summed E-state index contributed by atoms with van der Waals surface area (Å²) in [6.07, 6.45) is 5.54. The van der Waals surface area contributed by atoms with Crippen LogP contribution in [0.4, 0.5) is 0 Å². The molecule has 3 rings (SSSR count). The summed E-state index contributed by atoms with van der Waals surface area (Å²) in [5.74, 6) is 0.619. The van der Waals surface area contributed by atoms with Gasteiger partial charge >= 0.3 is 5.69 Å². The molecule has 0 saturated heterocycles. The summed E-state index contributed by atoms with van der Waals surface area (Å²) in [7, 11) is 1.47. The van der Waals surface area contributed by atoms with E-state index in [1.807, 2.05) is 20.8 Å². The lowest BCUT2D eigenvalue weighted by Crippen LogP contribution is -2.41. The zero-order valence-electron chi connectivity index (χ0n) is 18.4. The van der Waals surface area contributed by atoms with Crippen molar-refractivity contribution >= 4 is 28.7 Å². The van der Waals surface area contributed by atoms with Gasteiger partial charge in [-0.1, -0.05) is 44.9 Å². The van der Waals surface area contributed by atoms with Crippen LogP contribution < -0.4 is 16.6 Å². The van der Waals surface area contributed by atoms with Crippen molar-refractivity contribution in [1.82, 2.24) is 24.4 Å². The molecular weight excluding hydrogens is 402 g/mol. The van der Waals surface area contributed by atoms with E-state index in [-0.39, 0.29) is 17.9 Å². The van der Waals surface area contributed by atoms with Crippen LogP contribution >= 0.6 is 11.8 Å². The molecule has 1 amide bonds. The first kappa shape index (κ1) is 22.5. The van der Waals surface area contributed by atoms with Crippen molar-refractivity contribution in [3.63, 3.8) is 0 Å². The molecule has 164 valence electrons. The molecule has 1 N–H and O–H groups in total. The Hall–Kier alpha value is -2.16. The van der Waals surface area contributed by atoms with Gasteiger partial charge in [-0.15, -0.1) is 0 Å². The average molecular weight is 434 g/mol. The van der Waals surface area contributed by atoms with Gasteiger partial charge < -0.3 is 5.32 Å². The van der Waals surface area contributed by atoms with Gasteiger partial charge in [-0.05, 0) is 32.6 Å². The number of aromatic nitrogens is 4. The summed E-state index contributed by atoms with van der Waals surface area (Å²) in [6.45, 7) is 8.01. The van der Waals surface area contributed by atoms with E-state index in [0.29, 0.717) is 28.4 Å². The van der Waals surface area contributed by atoms with E-state index < -0.39 is 16.5 Å². The highest BCUT2D eigenvalue weighted by atomic mass is 32.2. The van der Waals surface area contributed by atoms with E-state index >= 15 is 0 Å². The standard InChI is InChI=1S/C21H31N5O3S/c1-12(2)11-26-17-16(20(28)25(5)21(26)29)19(23-14(4)22-17)30-13(3)18(27)24-15-9-7-6-8-10-15/h12-13,15H,6-11H2,1-5H3,(H,24,27). The SMILES string of the molecule is Cc1nc(SC(C)C(=O)NC2CCCCC2)c2c(=O)n(C)c(=O)n(CC(C)C)c2n1. The Morgan fingerprint density at radius 2 is 1.83 bits per heavy atom. The second-order valence-electron chi connectivity index (χ2n) is 8.53. The van der Waals surface area contributed by atoms with Crippen LogP contribution in [-0.2, 0) is 18.4 Å². The fourth-order valence-corrected chi connectivity index (χ4v) is 4.83. The number of carbonyl (C=O) groups is 1. The summed E-state index contributed by atoms with van der Waals surface area (Å²) >= 11 is 1.25. The lowest BCUT2D eigenvalue weighted by atomic mass is 9.95. The summed E-state index contributed by atoms with van der Waals surface area (Å²) in [6, 6.07) is 0.224. The molecule has 1 aliphatic rings. The minimum Gasteiger partial charge on any atom is -0.352 e. The van der Waals surface area contributed by atoms with E-state index in [9.17, 15) is 14.4 Å². The minimum atomic E-state index is -0.433. The number of amides is 1. The maximum Gasteiger partial charge on any atom is 0.332 e. The van der Waals surface area contributed by atoms with Crippen LogP contribution in [-0.4, -0.2) is 36.3 Å². The highest BCUT2D eigenvalue weighted by molar-refractivity contribution is 8.00. The van der Waals surface area contributed by atoms with Gasteiger partial charge in [0, 0.05) is 19.6 Å². The molecule has 8 nitrogen and oxygen atoms in total. The van der Waals surface area contributed by atoms with Crippen LogP contribution in [0.25, 0.3) is 11.0 Å². The first-order chi connectivity index (χ1) is 14.2. The number of rotatable bonds is 6. The van der Waals surface area contributed by atoms with E-state index in [0.717, 1.165) is 30.3 Å². The number of thioether (sulfide) groups is 1. The molecule has 30 heavy (non-hydrogen) atoms. The molecule has 0 spiro atoms. The van der Waals surface area contributed by atoms with Crippen molar-refractivity contribution in [1.29, 1.82) is 0 Å². The lowest BCUT2D eigenvalue weighted by Gasteiger charge is -2.24. The van der Waals surface area contributed by atoms with Crippen LogP contribution in [0.3, 0.4) is 0 Å². The molecule has 1 fully saturated rings. The third kappa shape index (κ3) is 4.77. The van der Waals surface area contributed by atoms with E-state index in [1.165, 1.54) is 29.8 Å². The van der Waals surface area contributed by atoms with Crippen LogP contribution in [0, 0.1) is 12.8 Å². The first-order valence-electron chi connectivity index (χ1n) is 10.6. The Bertz CT molecular complexity index is 1050. The Kier molecular flexibility index (Phi) is 7.00. The number of hydrogen-bond acceptors (Lipinski definition) is 6. The van der Waals surface area contributed by atoms with Crippen molar-refractivity contribution in [2.75, 3.05) is 0 Å². The molecule has 1 saturated carbocycles. The molecule has 2 heterocycles. The summed E-state index contributed by atoms with van der Waals surface area (Å²) in [5, 5.41) is 3.46. The van der Waals surface area contributed by atoms with Gasteiger partial charge in [-0.25, -0.2) is 14.8 Å². The maximum absolute atomic E-state index is 12.9. The number of fused-ring (bicyclic) bond motifs is 1. The second kappa shape index (κ2) is 9.32. The zero-order chi connectivity index (χ0) is 22.0. The largest absolute Gasteiger partial charge is 0.352 e. The predicted molar refractivity (Wildman–Crippen MR) is 119 cm³/mol. The Labute approximate surface area is 180 Å². The molecule has 2 aromatic heterocycles. The van der Waals surface area contributed by atoms with E-state index in [4.69, 9.17) is 0 Å². The molecule has 0 aliphatic heterocycles. The predicted octanol–water partition coefficient (Wildman–Crippen LogP) is 2.38. The van der Waals surface area contributed by atoms with Gasteiger partial charge in [0.15, 0.2) is 5.65 Å². The third-order valence-electron chi connectivity index (χ3n) is 5.42. The highest BCUT2D eigenvalue weighted by Crippen LogP contribution is 2.27. The molecule has 9 heteroatoms. The fourth-order valence-electron chi connectivity index (χ4n) is 3.84. The number of nitrogens with one attached hydrogen (secondary N) is 1. The van der Waals surface area contributed by atoms with Crippen molar-refractivity contribution in [3.8, 4) is 0 Å². The van der Waals surface area contributed by atoms with Gasteiger partial charge in [0.2, 0.25) is 5.91 Å². The van der Waals surface area contributed by atoms with Crippen molar-refractivity contribution in [2.24, 2.45) is 13.0 Å². The van der Waals surface area contributed by atoms with Crippen molar-refractivity contribution < 1.29 is 4.79 Å². The van der Waals surface area contributed by atoms with Gasteiger partial charge in [-0.2, -0.15) is 0 Å². The second-order valence-corrected chi connectivity index (χ2v) is 9.86. The molecule has 0 radical (unpaired) electrons. The van der Waals surface area contributed by atoms with Crippen LogP contribution in [0.2, 0.25) is 0 Å². The molecule has 1 aliphatic carbocycles. The van der Waals surface area contributed by atoms with Crippen LogP contribution in [0.5, 0.6) is 0 Å². The van der Waals surface area contributed by atoms with Gasteiger partial charge in [-0.3, -0.25) is 18.7 Å². The van der Waals surface area contributed by atoms with Crippen LogP contribution in [0.1, 0.15) is 58.7 Å². The first-order valence-corrected chi connectivity index (χ1v) is 11.5. The third-order valence-corrected chi connectivity index (χ3v) is 6.50. The Morgan fingerprint density at radius 1 is 1.17 bits per heavy atom. The molecule has 2 aromatic rings. The molecule has 1 unspecified atom stereocenters. The number of carbonyl (C=O) groups excluding carboxylic acids is 1. The van der Waals surface area contributed by atoms with Gasteiger partial charge in [0.25, 0.3) is 5.56 Å². The van der Waals surface area contributed by atoms with Gasteiger partial charge in [0.05, 0.1) is 5.25 Å². The molecule has 0 aromatic carbocycles. The smallest absolute Gasteiger partial charge is 0.332 e. The van der Waals surface area contributed by atoms with E-state index in [2.05, 4.69) is 15.3 Å². The highest BCUT2D eigenvalue weighted by Gasteiger charge is 2.24. The average Bonchev–Trinajstić information content (AvgIpc) is 2.69. The summed E-state index contributed by atoms with van der Waals surface area (Å²) < 4.78 is 2.63. The molecule has 0 bridgehead atoms. The summed E-state index contributed by atoms with van der Waals surface area (Å²) in [5.41, 5.74) is -0.484. The van der Waals surface area contributed by atoms with Crippen molar-refractivity contribution in [2.45, 2.75) is 82.7 Å². The fraction of sp³-hybridized carbons (Fsp3) is 0.667. The Balaban J connectivity index is 1.99. The normalized spacial score (nSPS) is 16.2. The number of hydrogen-bond donors (Lipinski definition) is 1. The van der Waals surface area contributed by atoms with Crippen molar-refractivity contribution in [3.05, 3.63) is 26.7 Å². The lowest BCUT2D eigenvalue weighted by molar-refractivity contribution is -0.121. The zero-order valence-corrected chi connectivity index (χ0v) is 19.2. The van der Waals surface area contributed by atoms with E-state index in [1.54, 1.807) is 6.92 Å². The maximum atomic E-state index is 12.9. The quantitative estimate of drug-likeness (QED) is 0.555. The number of aryl methyl sites for hydroxylation is 1. The minimum absolute atomic E-state index is 0.0522. The van der Waals surface area contributed by atoms with Crippen LogP contribution in [0.15, 0.2) is 14.6 Å². The molecular formula is C21H31N5O3S. The number of nitrogens with zero attached hydrogens (tertiary/aromatic N) is 4. The summed E-state index contributed by atoms with van der Waals surface area (Å²) in [4.78, 5) is 47.3. The van der Waals surface area contributed by atoms with Gasteiger partial charge in [0.1, 0.15) is 16.2 Å².